The molecule has 0 unspecified atom stereocenters. The Bertz CT molecular complexity index is 916. The summed E-state index contributed by atoms with van der Waals surface area (Å²) >= 11 is 5.71. The first-order chi connectivity index (χ1) is 14.5. The Balaban J connectivity index is 0.000000423. The zero-order chi connectivity index (χ0) is 23.2. The highest BCUT2D eigenvalue weighted by Crippen LogP contribution is 2.21. The van der Waals surface area contributed by atoms with Crippen molar-refractivity contribution in [2.75, 3.05) is 24.5 Å². The smallest absolute Gasteiger partial charge is 0.475 e. The van der Waals surface area contributed by atoms with Crippen LogP contribution in [0, 0.1) is 11.6 Å². The molecule has 0 saturated carbocycles. The fraction of sp³-hybridized carbons (Fsp3) is 0.389. The second-order valence-electron chi connectivity index (χ2n) is 6.45. The summed E-state index contributed by atoms with van der Waals surface area (Å²) in [6.45, 7) is 3.98. The van der Waals surface area contributed by atoms with Crippen molar-refractivity contribution in [3.63, 3.8) is 0 Å². The number of rotatable bonds is 4. The molecular formula is C18H18ClF5N4O3. The SMILES string of the molecule is C[C@H]1CN(c2nc(OCc3ccc(Cl)cc3F)ncc2F)CCN1.O=C(O)C(F)(F)F. The number of aromatic nitrogens is 2. The van der Waals surface area contributed by atoms with Crippen LogP contribution in [0.25, 0.3) is 0 Å². The largest absolute Gasteiger partial charge is 0.490 e. The second-order valence-corrected chi connectivity index (χ2v) is 6.89. The molecule has 1 aliphatic rings. The number of alkyl halides is 3. The number of piperazine rings is 1. The minimum absolute atomic E-state index is 0.00642. The fourth-order valence-corrected chi connectivity index (χ4v) is 2.70. The average molecular weight is 469 g/mol. The quantitative estimate of drug-likeness (QED) is 0.665. The standard InChI is InChI=1S/C16H17ClF2N4O.C2HF3O2/c1-10-8-23(5-4-20-10)15-14(19)7-21-16(22-15)24-9-11-2-3-12(17)6-13(11)18;3-2(4,5)1(6)7/h2-3,6-7,10,20H,4-5,8-9H2,1H3;(H,6,7)/t10-;/m0./s1. The van der Waals surface area contributed by atoms with Crippen molar-refractivity contribution in [3.8, 4) is 6.01 Å². The summed E-state index contributed by atoms with van der Waals surface area (Å²) in [7, 11) is 0. The number of anilines is 1. The van der Waals surface area contributed by atoms with Gasteiger partial charge in [0.2, 0.25) is 0 Å². The molecule has 1 saturated heterocycles. The van der Waals surface area contributed by atoms with E-state index in [1.165, 1.54) is 12.1 Å². The monoisotopic (exact) mass is 468 g/mol. The highest BCUT2D eigenvalue weighted by molar-refractivity contribution is 6.30. The van der Waals surface area contributed by atoms with Gasteiger partial charge in [0.25, 0.3) is 0 Å². The summed E-state index contributed by atoms with van der Waals surface area (Å²) in [6, 6.07) is 4.55. The lowest BCUT2D eigenvalue weighted by Gasteiger charge is -2.32. The van der Waals surface area contributed by atoms with Crippen LogP contribution >= 0.6 is 11.6 Å². The molecule has 170 valence electrons. The second kappa shape index (κ2) is 10.5. The van der Waals surface area contributed by atoms with Gasteiger partial charge < -0.3 is 20.1 Å². The van der Waals surface area contributed by atoms with E-state index in [-0.39, 0.29) is 24.5 Å². The molecule has 1 aromatic heterocycles. The molecule has 0 amide bonds. The van der Waals surface area contributed by atoms with E-state index in [1.807, 2.05) is 11.8 Å². The van der Waals surface area contributed by atoms with Crippen molar-refractivity contribution < 1.29 is 36.6 Å². The van der Waals surface area contributed by atoms with E-state index in [9.17, 15) is 22.0 Å². The Labute approximate surface area is 178 Å². The number of carboxylic acid groups (broad SMARTS) is 1. The van der Waals surface area contributed by atoms with Crippen LogP contribution in [0.5, 0.6) is 6.01 Å². The van der Waals surface area contributed by atoms with Crippen LogP contribution in [0.3, 0.4) is 0 Å². The third-order valence-corrected chi connectivity index (χ3v) is 4.22. The first-order valence-corrected chi connectivity index (χ1v) is 9.23. The highest BCUT2D eigenvalue weighted by Gasteiger charge is 2.38. The zero-order valence-corrected chi connectivity index (χ0v) is 16.8. The molecule has 0 bridgehead atoms. The molecule has 1 fully saturated rings. The molecule has 7 nitrogen and oxygen atoms in total. The number of aliphatic carboxylic acids is 1. The van der Waals surface area contributed by atoms with Crippen molar-refractivity contribution in [2.45, 2.75) is 25.7 Å². The number of carbonyl (C=O) groups is 1. The minimum atomic E-state index is -5.08. The van der Waals surface area contributed by atoms with Gasteiger partial charge in [-0.3, -0.25) is 0 Å². The lowest BCUT2D eigenvalue weighted by Crippen LogP contribution is -2.49. The van der Waals surface area contributed by atoms with Crippen LogP contribution in [-0.2, 0) is 11.4 Å². The summed E-state index contributed by atoms with van der Waals surface area (Å²) < 4.78 is 64.9. The molecule has 1 atom stereocenters. The van der Waals surface area contributed by atoms with Crippen LogP contribution in [0.1, 0.15) is 12.5 Å². The number of benzene rings is 1. The Hall–Kier alpha value is -2.73. The summed E-state index contributed by atoms with van der Waals surface area (Å²) in [5.74, 6) is -3.53. The van der Waals surface area contributed by atoms with E-state index in [0.717, 1.165) is 12.7 Å². The molecule has 2 aromatic rings. The third-order valence-electron chi connectivity index (χ3n) is 3.99. The summed E-state index contributed by atoms with van der Waals surface area (Å²) in [4.78, 5) is 18.7. The summed E-state index contributed by atoms with van der Waals surface area (Å²) in [5, 5.41) is 10.7. The Morgan fingerprint density at radius 1 is 1.35 bits per heavy atom. The number of hydrogen-bond acceptors (Lipinski definition) is 6. The van der Waals surface area contributed by atoms with E-state index < -0.39 is 23.8 Å². The normalized spacial score (nSPS) is 16.4. The molecule has 1 aliphatic heterocycles. The van der Waals surface area contributed by atoms with Crippen LogP contribution in [0.2, 0.25) is 5.02 Å². The van der Waals surface area contributed by atoms with Gasteiger partial charge in [-0.15, -0.1) is 0 Å². The van der Waals surface area contributed by atoms with Gasteiger partial charge in [-0.2, -0.15) is 18.2 Å². The third kappa shape index (κ3) is 7.47. The number of nitrogens with one attached hydrogen (secondary N) is 1. The Morgan fingerprint density at radius 2 is 2.03 bits per heavy atom. The van der Waals surface area contributed by atoms with Crippen molar-refractivity contribution in [3.05, 3.63) is 46.6 Å². The molecule has 1 aromatic carbocycles. The number of hydrogen-bond donors (Lipinski definition) is 2. The molecule has 2 N–H and O–H groups in total. The molecular weight excluding hydrogens is 451 g/mol. The van der Waals surface area contributed by atoms with Gasteiger partial charge >= 0.3 is 18.2 Å². The van der Waals surface area contributed by atoms with Crippen LogP contribution in [0.15, 0.2) is 24.4 Å². The average Bonchev–Trinajstić information content (AvgIpc) is 2.68. The molecule has 0 radical (unpaired) electrons. The molecule has 2 heterocycles. The maximum Gasteiger partial charge on any atom is 0.490 e. The van der Waals surface area contributed by atoms with Crippen molar-refractivity contribution in [1.82, 2.24) is 15.3 Å². The predicted octanol–water partition coefficient (Wildman–Crippen LogP) is 3.42. The maximum atomic E-state index is 14.0. The Morgan fingerprint density at radius 3 is 2.61 bits per heavy atom. The van der Waals surface area contributed by atoms with E-state index in [0.29, 0.717) is 23.7 Å². The topological polar surface area (TPSA) is 87.6 Å². The maximum absolute atomic E-state index is 14.0. The highest BCUT2D eigenvalue weighted by atomic mass is 35.5. The van der Waals surface area contributed by atoms with Gasteiger partial charge in [0.15, 0.2) is 11.6 Å². The van der Waals surface area contributed by atoms with Gasteiger partial charge in [-0.25, -0.2) is 18.6 Å². The minimum Gasteiger partial charge on any atom is -0.475 e. The fourth-order valence-electron chi connectivity index (χ4n) is 2.54. The molecule has 31 heavy (non-hydrogen) atoms. The summed E-state index contributed by atoms with van der Waals surface area (Å²) in [6.07, 6.45) is -4.01. The van der Waals surface area contributed by atoms with Gasteiger partial charge in [0, 0.05) is 36.3 Å². The van der Waals surface area contributed by atoms with E-state index in [4.69, 9.17) is 26.2 Å². The van der Waals surface area contributed by atoms with Crippen LogP contribution in [0.4, 0.5) is 27.8 Å². The predicted molar refractivity (Wildman–Crippen MR) is 101 cm³/mol. The lowest BCUT2D eigenvalue weighted by molar-refractivity contribution is -0.192. The zero-order valence-electron chi connectivity index (χ0n) is 16.1. The Kier molecular flexibility index (Phi) is 8.34. The number of ether oxygens (including phenoxy) is 1. The van der Waals surface area contributed by atoms with Crippen LogP contribution in [-0.4, -0.2) is 52.9 Å². The van der Waals surface area contributed by atoms with Gasteiger partial charge in [-0.1, -0.05) is 17.7 Å². The number of halogens is 6. The first kappa shape index (κ1) is 24.5. The lowest BCUT2D eigenvalue weighted by atomic mass is 10.2. The molecule has 3 rings (SSSR count). The molecule has 0 aliphatic carbocycles. The van der Waals surface area contributed by atoms with Crippen molar-refractivity contribution in [1.29, 1.82) is 0 Å². The van der Waals surface area contributed by atoms with E-state index in [2.05, 4.69) is 15.3 Å². The molecule has 0 spiro atoms. The molecule has 13 heteroatoms. The number of nitrogens with zero attached hydrogens (tertiary/aromatic N) is 3. The van der Waals surface area contributed by atoms with Crippen LogP contribution < -0.4 is 15.0 Å². The van der Waals surface area contributed by atoms with E-state index in [1.54, 1.807) is 6.07 Å². The van der Waals surface area contributed by atoms with Gasteiger partial charge in [0.05, 0.1) is 6.20 Å². The first-order valence-electron chi connectivity index (χ1n) is 8.85. The van der Waals surface area contributed by atoms with Gasteiger partial charge in [-0.05, 0) is 19.1 Å². The number of carboxylic acids is 1. The van der Waals surface area contributed by atoms with Gasteiger partial charge in [0.1, 0.15) is 12.4 Å². The van der Waals surface area contributed by atoms with E-state index >= 15 is 0 Å². The van der Waals surface area contributed by atoms with Crippen molar-refractivity contribution in [2.24, 2.45) is 0 Å². The summed E-state index contributed by atoms with van der Waals surface area (Å²) in [5.41, 5.74) is 0.324. The van der Waals surface area contributed by atoms with Crippen molar-refractivity contribution >= 4 is 23.4 Å².